The van der Waals surface area contributed by atoms with Crippen molar-refractivity contribution in [2.45, 2.75) is 96.5 Å². The molecule has 0 bridgehead atoms. The Morgan fingerprint density at radius 3 is 2.47 bits per heavy atom. The maximum absolute atomic E-state index is 12.9. The van der Waals surface area contributed by atoms with Crippen LogP contribution in [-0.4, -0.2) is 28.2 Å². The van der Waals surface area contributed by atoms with Crippen LogP contribution in [0, 0.1) is 58.7 Å². The van der Waals surface area contributed by atoms with E-state index in [0.717, 1.165) is 29.2 Å². The highest BCUT2D eigenvalue weighted by Gasteiger charge is 2.77. The summed E-state index contributed by atoms with van der Waals surface area (Å²) < 4.78 is 37.8. The van der Waals surface area contributed by atoms with Crippen LogP contribution in [0.3, 0.4) is 0 Å². The Bertz CT molecular complexity index is 1100. The first-order valence-corrected chi connectivity index (χ1v) is 16.0. The van der Waals surface area contributed by atoms with E-state index in [4.69, 9.17) is 8.92 Å². The maximum Gasteiger partial charge on any atom is 0.296 e. The summed E-state index contributed by atoms with van der Waals surface area (Å²) in [4.78, 5) is 0.264. The highest BCUT2D eigenvalue weighted by molar-refractivity contribution is 7.86. The van der Waals surface area contributed by atoms with Gasteiger partial charge in [-0.25, -0.2) is 0 Å². The van der Waals surface area contributed by atoms with Crippen LogP contribution in [0.15, 0.2) is 29.2 Å². The molecule has 1 spiro atoms. The molecule has 5 heteroatoms. The minimum Gasteiger partial charge on any atom is -0.381 e. The van der Waals surface area contributed by atoms with Gasteiger partial charge in [-0.05, 0) is 123 Å². The summed E-state index contributed by atoms with van der Waals surface area (Å²) in [6.45, 7) is 9.52. The SMILES string of the molecule is CC[C@]12CC[C@H]3[C@@H](C[C@@H](OC)[C@]45C[C@H]4CC[C@]35C)[C@@H]1CC[C@@H]2C(C)COS(=O)(=O)c1ccc(C)cc1. The molecule has 0 N–H and O–H groups in total. The first-order chi connectivity index (χ1) is 17.1. The van der Waals surface area contributed by atoms with Gasteiger partial charge in [-0.3, -0.25) is 4.18 Å². The van der Waals surface area contributed by atoms with Crippen LogP contribution in [0.2, 0.25) is 0 Å². The van der Waals surface area contributed by atoms with Crippen molar-refractivity contribution in [2.24, 2.45) is 51.8 Å². The van der Waals surface area contributed by atoms with Gasteiger partial charge in [0.15, 0.2) is 0 Å². The molecule has 36 heavy (non-hydrogen) atoms. The standard InChI is InChI=1S/C31H46O4S/c1-6-30-16-14-26-24(17-28(34-5)31-18-22(31)13-15-29(26,31)4)27(30)12-11-25(30)21(3)19-35-36(32,33)23-9-7-20(2)8-10-23/h7-10,21-22,24-28H,6,11-19H2,1-5H3/t21?,22-,24-,25-,26+,27+,28-,29-,30-,31+/m1/s1. The second-order valence-corrected chi connectivity index (χ2v) is 15.2. The molecule has 0 heterocycles. The van der Waals surface area contributed by atoms with Crippen LogP contribution >= 0.6 is 0 Å². The summed E-state index contributed by atoms with van der Waals surface area (Å²) in [5.74, 6) is 4.02. The molecule has 1 aromatic rings. The van der Waals surface area contributed by atoms with E-state index in [-0.39, 0.29) is 17.4 Å². The zero-order chi connectivity index (χ0) is 25.5. The number of hydrogen-bond acceptors (Lipinski definition) is 4. The molecule has 4 nitrogen and oxygen atoms in total. The van der Waals surface area contributed by atoms with Crippen LogP contribution in [0.1, 0.15) is 84.1 Å². The Balaban J connectivity index is 1.21. The van der Waals surface area contributed by atoms with Crippen molar-refractivity contribution in [1.29, 1.82) is 0 Å². The summed E-state index contributed by atoms with van der Waals surface area (Å²) in [5.41, 5.74) is 2.29. The van der Waals surface area contributed by atoms with Gasteiger partial charge in [-0.15, -0.1) is 0 Å². The predicted molar refractivity (Wildman–Crippen MR) is 142 cm³/mol. The van der Waals surface area contributed by atoms with Gasteiger partial charge in [-0.1, -0.05) is 38.5 Å². The third-order valence-corrected chi connectivity index (χ3v) is 14.0. The number of benzene rings is 1. The van der Waals surface area contributed by atoms with Gasteiger partial charge in [0.1, 0.15) is 0 Å². The van der Waals surface area contributed by atoms with Crippen molar-refractivity contribution in [3.05, 3.63) is 29.8 Å². The van der Waals surface area contributed by atoms with E-state index in [1.165, 1.54) is 57.8 Å². The topological polar surface area (TPSA) is 52.6 Å². The number of rotatable bonds is 7. The van der Waals surface area contributed by atoms with Crippen molar-refractivity contribution < 1.29 is 17.3 Å². The van der Waals surface area contributed by atoms with Crippen LogP contribution < -0.4 is 0 Å². The number of ether oxygens (including phenoxy) is 1. The lowest BCUT2D eigenvalue weighted by Crippen LogP contribution is -2.57. The van der Waals surface area contributed by atoms with Crippen molar-refractivity contribution in [3.63, 3.8) is 0 Å². The minimum absolute atomic E-state index is 0.231. The normalized spacial score (nSPS) is 45.9. The molecule has 10 atom stereocenters. The minimum atomic E-state index is -3.72. The fourth-order valence-corrected chi connectivity index (χ4v) is 12.1. The van der Waals surface area contributed by atoms with Crippen molar-refractivity contribution >= 4 is 10.1 Å². The molecule has 1 aromatic carbocycles. The van der Waals surface area contributed by atoms with Gasteiger partial charge in [0, 0.05) is 12.5 Å². The molecule has 0 aliphatic heterocycles. The lowest BCUT2D eigenvalue weighted by Gasteiger charge is -2.61. The fourth-order valence-electron chi connectivity index (χ4n) is 11.1. The van der Waals surface area contributed by atoms with Crippen LogP contribution in [0.25, 0.3) is 0 Å². The number of hydrogen-bond donors (Lipinski definition) is 0. The van der Waals surface area contributed by atoms with Gasteiger partial charge < -0.3 is 4.74 Å². The molecule has 5 saturated carbocycles. The Labute approximate surface area is 219 Å². The quantitative estimate of drug-likeness (QED) is 0.367. The maximum atomic E-state index is 12.9. The Kier molecular flexibility index (Phi) is 6.02. The molecule has 0 aromatic heterocycles. The van der Waals surface area contributed by atoms with E-state index in [1.807, 2.05) is 26.2 Å². The third-order valence-electron chi connectivity index (χ3n) is 12.8. The molecule has 5 fully saturated rings. The molecule has 5 aliphatic rings. The summed E-state index contributed by atoms with van der Waals surface area (Å²) in [6, 6.07) is 6.99. The van der Waals surface area contributed by atoms with Gasteiger partial charge in [0.2, 0.25) is 0 Å². The first-order valence-electron chi connectivity index (χ1n) is 14.6. The zero-order valence-corrected chi connectivity index (χ0v) is 23.8. The molecular formula is C31H46O4S. The Hall–Kier alpha value is -0.910. The van der Waals surface area contributed by atoms with Crippen LogP contribution in [0.5, 0.6) is 0 Å². The van der Waals surface area contributed by atoms with Crippen LogP contribution in [-0.2, 0) is 19.0 Å². The first kappa shape index (κ1) is 25.4. The lowest BCUT2D eigenvalue weighted by molar-refractivity contribution is -0.165. The average Bonchev–Trinajstić information content (AvgIpc) is 3.34. The van der Waals surface area contributed by atoms with Gasteiger partial charge in [-0.2, -0.15) is 8.42 Å². The molecular weight excluding hydrogens is 468 g/mol. The molecule has 200 valence electrons. The van der Waals surface area contributed by atoms with E-state index in [9.17, 15) is 8.42 Å². The molecule has 1 unspecified atom stereocenters. The predicted octanol–water partition coefficient (Wildman–Crippen LogP) is 7.01. The molecule has 0 radical (unpaired) electrons. The van der Waals surface area contributed by atoms with Gasteiger partial charge in [0.25, 0.3) is 10.1 Å². The van der Waals surface area contributed by atoms with E-state index in [0.29, 0.717) is 28.3 Å². The van der Waals surface area contributed by atoms with Crippen LogP contribution in [0.4, 0.5) is 0 Å². The third kappa shape index (κ3) is 3.33. The largest absolute Gasteiger partial charge is 0.381 e. The second kappa shape index (κ2) is 8.55. The van der Waals surface area contributed by atoms with Crippen molar-refractivity contribution in [3.8, 4) is 0 Å². The van der Waals surface area contributed by atoms with Gasteiger partial charge >= 0.3 is 0 Å². The summed E-state index contributed by atoms with van der Waals surface area (Å²) in [7, 11) is -1.76. The number of aryl methyl sites for hydroxylation is 1. The van der Waals surface area contributed by atoms with Crippen molar-refractivity contribution in [1.82, 2.24) is 0 Å². The Morgan fingerprint density at radius 2 is 1.81 bits per heavy atom. The molecule has 0 saturated heterocycles. The highest BCUT2D eigenvalue weighted by Crippen LogP contribution is 2.82. The van der Waals surface area contributed by atoms with E-state index < -0.39 is 10.1 Å². The molecule has 5 aliphatic carbocycles. The molecule has 0 amide bonds. The summed E-state index contributed by atoms with van der Waals surface area (Å²) in [6.07, 6.45) is 12.2. The average molecular weight is 515 g/mol. The van der Waals surface area contributed by atoms with Gasteiger partial charge in [0.05, 0.1) is 17.6 Å². The smallest absolute Gasteiger partial charge is 0.296 e. The monoisotopic (exact) mass is 514 g/mol. The van der Waals surface area contributed by atoms with E-state index in [1.54, 1.807) is 12.1 Å². The Morgan fingerprint density at radius 1 is 1.06 bits per heavy atom. The summed E-state index contributed by atoms with van der Waals surface area (Å²) >= 11 is 0. The molecule has 6 rings (SSSR count). The number of methoxy groups -OCH3 is 1. The summed E-state index contributed by atoms with van der Waals surface area (Å²) in [5, 5.41) is 0. The fraction of sp³-hybridized carbons (Fsp3) is 0.806. The number of fused-ring (bicyclic) bond motifs is 4. The van der Waals surface area contributed by atoms with E-state index in [2.05, 4.69) is 20.8 Å². The second-order valence-electron chi connectivity index (χ2n) is 13.6. The highest BCUT2D eigenvalue weighted by atomic mass is 32.2. The van der Waals surface area contributed by atoms with E-state index >= 15 is 0 Å². The lowest BCUT2D eigenvalue weighted by atomic mass is 9.44. The van der Waals surface area contributed by atoms with Crippen molar-refractivity contribution in [2.75, 3.05) is 13.7 Å². The zero-order valence-electron chi connectivity index (χ0n) is 23.0.